The van der Waals surface area contributed by atoms with Crippen molar-refractivity contribution in [1.82, 2.24) is 0 Å². The molecule has 0 radical (unpaired) electrons. The third-order valence-corrected chi connectivity index (χ3v) is 1.11. The number of carbonyl (C=O) groups excluding carboxylic acids is 1. The molecule has 66 valence electrons. The van der Waals surface area contributed by atoms with Crippen LogP contribution in [0, 0.1) is 11.6 Å². The van der Waals surface area contributed by atoms with Gasteiger partial charge in [-0.2, -0.15) is 0 Å². The summed E-state index contributed by atoms with van der Waals surface area (Å²) in [4.78, 5) is 9.97. The van der Waals surface area contributed by atoms with Crippen molar-refractivity contribution in [3.05, 3.63) is 35.4 Å². The monoisotopic (exact) mass is 174 g/mol. The van der Waals surface area contributed by atoms with Crippen LogP contribution in [0.1, 0.15) is 10.4 Å². The summed E-state index contributed by atoms with van der Waals surface area (Å²) in [5.41, 5.74) is -0.250. The zero-order valence-corrected chi connectivity index (χ0v) is 6.13. The third kappa shape index (κ3) is 2.37. The Morgan fingerprint density at radius 3 is 2.25 bits per heavy atom. The van der Waals surface area contributed by atoms with Crippen molar-refractivity contribution in [2.45, 2.75) is 0 Å². The van der Waals surface area contributed by atoms with E-state index < -0.39 is 11.6 Å². The van der Waals surface area contributed by atoms with E-state index in [0.29, 0.717) is 0 Å². The van der Waals surface area contributed by atoms with Gasteiger partial charge >= 0.3 is 0 Å². The summed E-state index contributed by atoms with van der Waals surface area (Å²) in [5.74, 6) is 5.92. The molecule has 0 heterocycles. The molecule has 0 amide bonds. The minimum atomic E-state index is -1.09. The second-order valence-electron chi connectivity index (χ2n) is 1.76. The summed E-state index contributed by atoms with van der Waals surface area (Å²) in [6, 6.07) is 3.45. The number of hydrazine groups is 1. The molecule has 0 atom stereocenters. The van der Waals surface area contributed by atoms with E-state index in [1.54, 1.807) is 0 Å². The van der Waals surface area contributed by atoms with Crippen molar-refractivity contribution >= 4 is 6.29 Å². The predicted molar refractivity (Wildman–Crippen MR) is 40.1 cm³/mol. The topological polar surface area (TPSA) is 69.1 Å². The summed E-state index contributed by atoms with van der Waals surface area (Å²) in [6.45, 7) is 0. The minimum Gasteiger partial charge on any atom is -0.298 e. The largest absolute Gasteiger partial charge is 0.298 e. The maximum Gasteiger partial charge on any atom is 0.169 e. The normalized spacial score (nSPS) is 8.33. The van der Waals surface area contributed by atoms with Gasteiger partial charge in [0.15, 0.2) is 17.9 Å². The molecule has 1 rings (SSSR count). The molecule has 3 nitrogen and oxygen atoms in total. The van der Waals surface area contributed by atoms with Gasteiger partial charge in [-0.05, 0) is 12.1 Å². The molecular formula is C7H8F2N2O. The first kappa shape index (κ1) is 10.7. The van der Waals surface area contributed by atoms with Crippen LogP contribution in [-0.4, -0.2) is 6.29 Å². The van der Waals surface area contributed by atoms with Crippen molar-refractivity contribution in [1.29, 1.82) is 0 Å². The number of aldehydes is 1. The highest BCUT2D eigenvalue weighted by atomic mass is 19.2. The molecule has 4 N–H and O–H groups in total. The lowest BCUT2D eigenvalue weighted by Gasteiger charge is -1.92. The summed E-state index contributed by atoms with van der Waals surface area (Å²) >= 11 is 0. The summed E-state index contributed by atoms with van der Waals surface area (Å²) in [6.07, 6.45) is 0.276. The quantitative estimate of drug-likeness (QED) is 0.372. The van der Waals surface area contributed by atoms with E-state index in [4.69, 9.17) is 0 Å². The molecule has 1 aromatic rings. The van der Waals surface area contributed by atoms with Crippen LogP contribution in [0.4, 0.5) is 8.78 Å². The van der Waals surface area contributed by atoms with E-state index in [2.05, 4.69) is 11.7 Å². The number of carbonyl (C=O) groups is 1. The first-order chi connectivity index (χ1) is 5.75. The Kier molecular flexibility index (Phi) is 4.75. The van der Waals surface area contributed by atoms with Gasteiger partial charge < -0.3 is 0 Å². The average molecular weight is 174 g/mol. The summed E-state index contributed by atoms with van der Waals surface area (Å²) in [5, 5.41) is 0. The van der Waals surface area contributed by atoms with E-state index in [0.717, 1.165) is 6.07 Å². The molecule has 0 aliphatic carbocycles. The van der Waals surface area contributed by atoms with Crippen molar-refractivity contribution in [2.24, 2.45) is 11.7 Å². The van der Waals surface area contributed by atoms with Crippen LogP contribution in [0.25, 0.3) is 0 Å². The predicted octanol–water partition coefficient (Wildman–Crippen LogP) is 0.596. The number of rotatable bonds is 1. The van der Waals surface area contributed by atoms with Crippen molar-refractivity contribution in [3.63, 3.8) is 0 Å². The van der Waals surface area contributed by atoms with Crippen molar-refractivity contribution in [2.75, 3.05) is 0 Å². The zero-order valence-electron chi connectivity index (χ0n) is 6.13. The van der Waals surface area contributed by atoms with Crippen molar-refractivity contribution in [3.8, 4) is 0 Å². The van der Waals surface area contributed by atoms with E-state index in [9.17, 15) is 13.6 Å². The Morgan fingerprint density at radius 2 is 1.83 bits per heavy atom. The summed E-state index contributed by atoms with van der Waals surface area (Å²) in [7, 11) is 0. The lowest BCUT2D eigenvalue weighted by molar-refractivity contribution is 0.111. The van der Waals surface area contributed by atoms with Gasteiger partial charge in [-0.25, -0.2) is 8.78 Å². The number of halogens is 2. The molecule has 0 aliphatic rings. The molecule has 0 aliphatic heterocycles. The van der Waals surface area contributed by atoms with Crippen LogP contribution in [-0.2, 0) is 0 Å². The SMILES string of the molecule is NN.O=Cc1cccc(F)c1F. The Labute approximate surface area is 67.9 Å². The van der Waals surface area contributed by atoms with E-state index in [1.165, 1.54) is 12.1 Å². The highest BCUT2D eigenvalue weighted by Crippen LogP contribution is 2.08. The van der Waals surface area contributed by atoms with Gasteiger partial charge in [0.1, 0.15) is 0 Å². The van der Waals surface area contributed by atoms with Crippen LogP contribution < -0.4 is 11.7 Å². The van der Waals surface area contributed by atoms with Gasteiger partial charge in [0.25, 0.3) is 0 Å². The standard InChI is InChI=1S/C7H4F2O.H4N2/c8-6-3-1-2-5(4-10)7(6)9;1-2/h1-4H;1-2H2. The van der Waals surface area contributed by atoms with Crippen LogP contribution in [0.2, 0.25) is 0 Å². The average Bonchev–Trinajstić information content (AvgIpc) is 2.13. The van der Waals surface area contributed by atoms with Gasteiger partial charge in [0.2, 0.25) is 0 Å². The van der Waals surface area contributed by atoms with E-state index in [1.807, 2.05) is 0 Å². The number of hydrogen-bond donors (Lipinski definition) is 2. The fourth-order valence-corrected chi connectivity index (χ4v) is 0.611. The van der Waals surface area contributed by atoms with Crippen LogP contribution in [0.15, 0.2) is 18.2 Å². The maximum atomic E-state index is 12.4. The molecule has 0 aromatic heterocycles. The third-order valence-electron chi connectivity index (χ3n) is 1.11. The Morgan fingerprint density at radius 1 is 1.25 bits per heavy atom. The molecule has 0 saturated heterocycles. The minimum absolute atomic E-state index is 0.250. The van der Waals surface area contributed by atoms with Crippen LogP contribution in [0.5, 0.6) is 0 Å². The van der Waals surface area contributed by atoms with Crippen molar-refractivity contribution < 1.29 is 13.6 Å². The lowest BCUT2D eigenvalue weighted by Crippen LogP contribution is -2.02. The molecule has 1 aromatic carbocycles. The van der Waals surface area contributed by atoms with Gasteiger partial charge in [0, 0.05) is 0 Å². The van der Waals surface area contributed by atoms with E-state index >= 15 is 0 Å². The van der Waals surface area contributed by atoms with Crippen LogP contribution in [0.3, 0.4) is 0 Å². The second-order valence-corrected chi connectivity index (χ2v) is 1.76. The van der Waals surface area contributed by atoms with E-state index in [-0.39, 0.29) is 11.8 Å². The molecule has 0 unspecified atom stereocenters. The van der Waals surface area contributed by atoms with Crippen LogP contribution >= 0.6 is 0 Å². The molecule has 0 spiro atoms. The smallest absolute Gasteiger partial charge is 0.169 e. The molecule has 12 heavy (non-hydrogen) atoms. The fraction of sp³-hybridized carbons (Fsp3) is 0. The van der Waals surface area contributed by atoms with Gasteiger partial charge in [-0.15, -0.1) is 0 Å². The van der Waals surface area contributed by atoms with Gasteiger partial charge in [-0.3, -0.25) is 16.5 Å². The Balaban J connectivity index is 0.000000561. The Hall–Kier alpha value is -1.33. The maximum absolute atomic E-state index is 12.4. The first-order valence-corrected chi connectivity index (χ1v) is 2.98. The summed E-state index contributed by atoms with van der Waals surface area (Å²) < 4.78 is 24.6. The molecular weight excluding hydrogens is 166 g/mol. The molecule has 0 fully saturated rings. The molecule has 5 heteroatoms. The zero-order chi connectivity index (χ0) is 9.56. The highest BCUT2D eigenvalue weighted by molar-refractivity contribution is 5.74. The Bertz CT molecular complexity index is 266. The van der Waals surface area contributed by atoms with Gasteiger partial charge in [-0.1, -0.05) is 6.07 Å². The fourth-order valence-electron chi connectivity index (χ4n) is 0.611. The number of nitrogens with two attached hydrogens (primary N) is 2. The van der Waals surface area contributed by atoms with Gasteiger partial charge in [0.05, 0.1) is 5.56 Å². The molecule has 0 bridgehead atoms. The number of hydrogen-bond acceptors (Lipinski definition) is 3. The molecule has 0 saturated carbocycles. The highest BCUT2D eigenvalue weighted by Gasteiger charge is 2.04. The first-order valence-electron chi connectivity index (χ1n) is 2.98. The second kappa shape index (κ2) is 5.34. The lowest BCUT2D eigenvalue weighted by atomic mass is 10.2. The number of benzene rings is 1.